The second kappa shape index (κ2) is 9.85. The molecule has 31 heavy (non-hydrogen) atoms. The van der Waals surface area contributed by atoms with Crippen molar-refractivity contribution in [1.29, 1.82) is 0 Å². The van der Waals surface area contributed by atoms with Gasteiger partial charge < -0.3 is 15.4 Å². The number of anilines is 1. The van der Waals surface area contributed by atoms with Gasteiger partial charge in [-0.3, -0.25) is 14.6 Å². The van der Waals surface area contributed by atoms with Crippen molar-refractivity contribution in [2.75, 3.05) is 12.4 Å². The van der Waals surface area contributed by atoms with E-state index in [1.54, 1.807) is 25.4 Å². The Morgan fingerprint density at radius 2 is 1.84 bits per heavy atom. The summed E-state index contributed by atoms with van der Waals surface area (Å²) in [4.78, 5) is 31.1. The van der Waals surface area contributed by atoms with E-state index in [0.717, 1.165) is 42.4 Å². The summed E-state index contributed by atoms with van der Waals surface area (Å²) >= 11 is 1.52. The molecule has 2 N–H and O–H groups in total. The zero-order chi connectivity index (χ0) is 21.6. The van der Waals surface area contributed by atoms with Crippen LogP contribution in [0.1, 0.15) is 55.1 Å². The Bertz CT molecular complexity index is 1060. The smallest absolute Gasteiger partial charge is 0.257 e. The van der Waals surface area contributed by atoms with Crippen molar-refractivity contribution in [2.24, 2.45) is 0 Å². The Morgan fingerprint density at radius 1 is 1.06 bits per heavy atom. The number of nitrogens with one attached hydrogen (secondary N) is 2. The molecule has 0 fully saturated rings. The highest BCUT2D eigenvalue weighted by Crippen LogP contribution is 2.38. The number of thiophene rings is 1. The van der Waals surface area contributed by atoms with Gasteiger partial charge >= 0.3 is 0 Å². The van der Waals surface area contributed by atoms with Crippen LogP contribution in [0.3, 0.4) is 0 Å². The van der Waals surface area contributed by atoms with E-state index in [4.69, 9.17) is 4.74 Å². The van der Waals surface area contributed by atoms with Crippen molar-refractivity contribution in [3.05, 3.63) is 81.5 Å². The van der Waals surface area contributed by atoms with Crippen LogP contribution in [0.4, 0.5) is 5.00 Å². The minimum atomic E-state index is -0.255. The quantitative estimate of drug-likeness (QED) is 0.578. The first kappa shape index (κ1) is 21.2. The number of aryl methyl sites for hydroxylation is 1. The highest BCUT2D eigenvalue weighted by Gasteiger charge is 2.26. The number of rotatable bonds is 7. The molecule has 1 aliphatic carbocycles. The number of methoxy groups -OCH3 is 1. The van der Waals surface area contributed by atoms with Gasteiger partial charge in [0, 0.05) is 30.9 Å². The van der Waals surface area contributed by atoms with Gasteiger partial charge in [-0.1, -0.05) is 24.3 Å². The third-order valence-electron chi connectivity index (χ3n) is 5.34. The Balaban J connectivity index is 1.52. The van der Waals surface area contributed by atoms with Crippen LogP contribution in [-0.4, -0.2) is 23.9 Å². The number of carbonyl (C=O) groups is 2. The van der Waals surface area contributed by atoms with Gasteiger partial charge in [0.2, 0.25) is 0 Å². The minimum Gasteiger partial charge on any atom is -0.380 e. The van der Waals surface area contributed by atoms with E-state index >= 15 is 0 Å². The van der Waals surface area contributed by atoms with Crippen LogP contribution in [-0.2, 0) is 30.7 Å². The van der Waals surface area contributed by atoms with Gasteiger partial charge in [-0.05, 0) is 54.5 Å². The maximum absolute atomic E-state index is 13.2. The maximum atomic E-state index is 13.2. The molecule has 2 heterocycles. The van der Waals surface area contributed by atoms with Crippen LogP contribution in [0.15, 0.2) is 48.8 Å². The van der Waals surface area contributed by atoms with E-state index in [0.29, 0.717) is 29.3 Å². The van der Waals surface area contributed by atoms with Crippen LogP contribution in [0.25, 0.3) is 0 Å². The molecule has 0 bridgehead atoms. The van der Waals surface area contributed by atoms with E-state index < -0.39 is 0 Å². The average Bonchev–Trinajstić information content (AvgIpc) is 3.17. The molecule has 6 nitrogen and oxygen atoms in total. The second-order valence-corrected chi connectivity index (χ2v) is 8.65. The van der Waals surface area contributed by atoms with Gasteiger partial charge in [0.05, 0.1) is 17.7 Å². The van der Waals surface area contributed by atoms with Crippen molar-refractivity contribution in [3.8, 4) is 0 Å². The molecule has 0 spiro atoms. The fraction of sp³-hybridized carbons (Fsp3) is 0.292. The van der Waals surface area contributed by atoms with Gasteiger partial charge in [-0.2, -0.15) is 0 Å². The molecule has 0 aliphatic heterocycles. The third kappa shape index (κ3) is 5.00. The number of benzene rings is 1. The summed E-state index contributed by atoms with van der Waals surface area (Å²) in [7, 11) is 1.67. The van der Waals surface area contributed by atoms with Crippen molar-refractivity contribution in [1.82, 2.24) is 10.3 Å². The van der Waals surface area contributed by atoms with Gasteiger partial charge in [-0.15, -0.1) is 11.3 Å². The number of carbonyl (C=O) groups excluding carboxylic acids is 2. The van der Waals surface area contributed by atoms with Crippen LogP contribution in [0.2, 0.25) is 0 Å². The summed E-state index contributed by atoms with van der Waals surface area (Å²) < 4.78 is 5.14. The van der Waals surface area contributed by atoms with Crippen molar-refractivity contribution in [2.45, 2.75) is 38.8 Å². The van der Waals surface area contributed by atoms with Crippen molar-refractivity contribution < 1.29 is 14.3 Å². The number of ether oxygens (including phenoxy) is 1. The molecule has 3 aromatic rings. The summed E-state index contributed by atoms with van der Waals surface area (Å²) in [6, 6.07) is 11.4. The van der Waals surface area contributed by atoms with E-state index in [1.165, 1.54) is 22.4 Å². The maximum Gasteiger partial charge on any atom is 0.257 e. The molecule has 160 valence electrons. The largest absolute Gasteiger partial charge is 0.380 e. The number of nitrogens with zero attached hydrogens (tertiary/aromatic N) is 1. The lowest BCUT2D eigenvalue weighted by Gasteiger charge is -2.13. The molecule has 1 aliphatic rings. The standard InChI is InChI=1S/C24H25N3O3S/c1-30-15-17-10-8-16(9-11-17)13-26-23(29)21-19-6-2-3-7-20(19)31-24(21)27-22(28)18-5-4-12-25-14-18/h4-5,8-12,14H,2-3,6-7,13,15H2,1H3,(H,26,29)(H,27,28). The first-order valence-electron chi connectivity index (χ1n) is 10.4. The Hall–Kier alpha value is -3.03. The molecule has 0 unspecified atom stereocenters. The fourth-order valence-electron chi connectivity index (χ4n) is 3.76. The third-order valence-corrected chi connectivity index (χ3v) is 6.54. The van der Waals surface area contributed by atoms with Crippen molar-refractivity contribution >= 4 is 28.2 Å². The number of hydrogen-bond donors (Lipinski definition) is 2. The van der Waals surface area contributed by atoms with Gasteiger partial charge in [0.25, 0.3) is 11.8 Å². The molecule has 0 atom stereocenters. The predicted octanol–water partition coefficient (Wildman–Crippen LogP) is 4.35. The topological polar surface area (TPSA) is 80.3 Å². The summed E-state index contributed by atoms with van der Waals surface area (Å²) in [5.41, 5.74) is 4.25. The highest BCUT2D eigenvalue weighted by atomic mass is 32.1. The Kier molecular flexibility index (Phi) is 6.74. The summed E-state index contributed by atoms with van der Waals surface area (Å²) in [5.74, 6) is -0.406. The van der Waals surface area contributed by atoms with Crippen LogP contribution >= 0.6 is 11.3 Å². The van der Waals surface area contributed by atoms with Gasteiger partial charge in [0.1, 0.15) is 5.00 Å². The highest BCUT2D eigenvalue weighted by molar-refractivity contribution is 7.17. The lowest BCUT2D eigenvalue weighted by molar-refractivity contribution is 0.0951. The molecule has 7 heteroatoms. The zero-order valence-electron chi connectivity index (χ0n) is 17.4. The number of hydrogen-bond acceptors (Lipinski definition) is 5. The zero-order valence-corrected chi connectivity index (χ0v) is 18.3. The van der Waals surface area contributed by atoms with E-state index in [1.807, 2.05) is 24.3 Å². The first-order valence-corrected chi connectivity index (χ1v) is 11.2. The molecule has 2 amide bonds. The van der Waals surface area contributed by atoms with Crippen molar-refractivity contribution in [3.63, 3.8) is 0 Å². The molecule has 0 radical (unpaired) electrons. The molecule has 4 rings (SSSR count). The molecular formula is C24H25N3O3S. The van der Waals surface area contributed by atoms with Gasteiger partial charge in [0.15, 0.2) is 0 Å². The fourth-order valence-corrected chi connectivity index (χ4v) is 5.04. The van der Waals surface area contributed by atoms with Crippen LogP contribution in [0.5, 0.6) is 0 Å². The van der Waals surface area contributed by atoms with Gasteiger partial charge in [-0.25, -0.2) is 0 Å². The molecule has 2 aromatic heterocycles. The monoisotopic (exact) mass is 435 g/mol. The summed E-state index contributed by atoms with van der Waals surface area (Å²) in [5, 5.41) is 6.60. The van der Waals surface area contributed by atoms with E-state index in [2.05, 4.69) is 15.6 Å². The average molecular weight is 436 g/mol. The molecule has 0 saturated heterocycles. The normalized spacial score (nSPS) is 12.8. The Morgan fingerprint density at radius 3 is 2.58 bits per heavy atom. The SMILES string of the molecule is COCc1ccc(CNC(=O)c2c(NC(=O)c3cccnc3)sc3c2CCCC3)cc1. The summed E-state index contributed by atoms with van der Waals surface area (Å²) in [6.45, 7) is 0.986. The Labute approximate surface area is 185 Å². The number of pyridine rings is 1. The number of amides is 2. The molecule has 1 aromatic carbocycles. The first-order chi connectivity index (χ1) is 15.2. The molecular weight excluding hydrogens is 410 g/mol. The predicted molar refractivity (Wildman–Crippen MR) is 121 cm³/mol. The molecule has 0 saturated carbocycles. The lowest BCUT2D eigenvalue weighted by Crippen LogP contribution is -2.25. The second-order valence-electron chi connectivity index (χ2n) is 7.54. The van der Waals surface area contributed by atoms with Crippen LogP contribution in [0, 0.1) is 0 Å². The van der Waals surface area contributed by atoms with Crippen LogP contribution < -0.4 is 10.6 Å². The minimum absolute atomic E-state index is 0.151. The lowest BCUT2D eigenvalue weighted by atomic mass is 9.95. The van der Waals surface area contributed by atoms with E-state index in [-0.39, 0.29) is 11.8 Å². The summed E-state index contributed by atoms with van der Waals surface area (Å²) in [6.07, 6.45) is 7.13. The number of aromatic nitrogens is 1. The van der Waals surface area contributed by atoms with E-state index in [9.17, 15) is 9.59 Å². The number of fused-ring (bicyclic) bond motifs is 1.